The highest BCUT2D eigenvalue weighted by atomic mass is 35.5. The van der Waals surface area contributed by atoms with Crippen molar-refractivity contribution in [2.75, 3.05) is 6.61 Å². The smallest absolute Gasteiger partial charge is 0.421 e. The van der Waals surface area contributed by atoms with Gasteiger partial charge in [-0.2, -0.15) is 30.7 Å². The van der Waals surface area contributed by atoms with Gasteiger partial charge in [0, 0.05) is 24.4 Å². The molecule has 0 aliphatic carbocycles. The molecule has 0 unspecified atom stereocenters. The second-order valence-corrected chi connectivity index (χ2v) is 6.37. The normalized spacial score (nSPS) is 12.8. The number of hydrogen-bond donors (Lipinski definition) is 0. The van der Waals surface area contributed by atoms with Crippen LogP contribution >= 0.6 is 34.8 Å². The van der Waals surface area contributed by atoms with Gasteiger partial charge in [-0.1, -0.05) is 34.8 Å². The summed E-state index contributed by atoms with van der Waals surface area (Å²) in [6.07, 6.45) is -9.20. The van der Waals surface area contributed by atoms with Crippen molar-refractivity contribution < 1.29 is 40.2 Å². The molecule has 0 bridgehead atoms. The maximum atomic E-state index is 13.2. The summed E-state index contributed by atoms with van der Waals surface area (Å²) in [5.41, 5.74) is -3.39. The number of ether oxygens (including phenoxy) is 2. The molecule has 0 N–H and O–H groups in total. The Kier molecular flexibility index (Phi) is 7.13. The fourth-order valence-electron chi connectivity index (χ4n) is 1.91. The zero-order valence-electron chi connectivity index (χ0n) is 13.6. The summed E-state index contributed by atoms with van der Waals surface area (Å²) >= 11 is 16.8. The number of halogens is 10. The minimum atomic E-state index is -5.20. The van der Waals surface area contributed by atoms with Gasteiger partial charge in [0.2, 0.25) is 5.88 Å². The fraction of sp³-hybridized carbons (Fsp3) is 0.188. The van der Waals surface area contributed by atoms with Crippen molar-refractivity contribution >= 4 is 34.8 Å². The second-order valence-electron chi connectivity index (χ2n) is 5.20. The van der Waals surface area contributed by atoms with Crippen molar-refractivity contribution in [3.05, 3.63) is 56.9 Å². The molecular weight excluding hydrogens is 478 g/mol. The predicted molar refractivity (Wildman–Crippen MR) is 91.3 cm³/mol. The van der Waals surface area contributed by atoms with E-state index in [0.29, 0.717) is 0 Å². The van der Waals surface area contributed by atoms with E-state index < -0.39 is 40.4 Å². The van der Waals surface area contributed by atoms with Crippen LogP contribution < -0.4 is 9.47 Å². The first-order valence-electron chi connectivity index (χ1n) is 7.24. The van der Waals surface area contributed by atoms with E-state index in [0.717, 1.165) is 18.2 Å². The highest BCUT2D eigenvalue weighted by Crippen LogP contribution is 2.44. The number of alkyl halides is 6. The molecule has 2 rings (SSSR count). The van der Waals surface area contributed by atoms with E-state index in [2.05, 4.69) is 4.98 Å². The van der Waals surface area contributed by atoms with Crippen molar-refractivity contribution in [3.8, 4) is 17.4 Å². The van der Waals surface area contributed by atoms with Crippen LogP contribution in [0, 0.1) is 0 Å². The first kappa shape index (κ1) is 23.4. The van der Waals surface area contributed by atoms with Gasteiger partial charge in [-0.25, -0.2) is 4.98 Å². The monoisotopic (exact) mass is 483 g/mol. The van der Waals surface area contributed by atoms with Crippen LogP contribution in [0.5, 0.6) is 17.4 Å². The van der Waals surface area contributed by atoms with Crippen LogP contribution in [0.4, 0.5) is 30.7 Å². The van der Waals surface area contributed by atoms with E-state index in [1.54, 1.807) is 0 Å². The van der Waals surface area contributed by atoms with Crippen molar-refractivity contribution in [3.63, 3.8) is 0 Å². The molecule has 158 valence electrons. The molecule has 0 saturated carbocycles. The number of aromatic nitrogens is 1. The molecular formula is C16H7Cl3F7NO2. The van der Waals surface area contributed by atoms with Gasteiger partial charge < -0.3 is 9.47 Å². The Morgan fingerprint density at radius 1 is 1.00 bits per heavy atom. The van der Waals surface area contributed by atoms with Crippen LogP contribution in [0.1, 0.15) is 11.1 Å². The van der Waals surface area contributed by atoms with Gasteiger partial charge in [0.15, 0.2) is 11.0 Å². The summed E-state index contributed by atoms with van der Waals surface area (Å²) < 4.78 is 100. The lowest BCUT2D eigenvalue weighted by Crippen LogP contribution is -2.13. The number of hydrogen-bond acceptors (Lipinski definition) is 3. The quantitative estimate of drug-likeness (QED) is 0.409. The Balaban J connectivity index is 2.39. The van der Waals surface area contributed by atoms with E-state index in [1.807, 2.05) is 0 Å². The van der Waals surface area contributed by atoms with Crippen LogP contribution in [0.15, 0.2) is 35.8 Å². The zero-order chi connectivity index (χ0) is 22.0. The molecule has 0 fully saturated rings. The topological polar surface area (TPSA) is 31.4 Å². The molecule has 1 aromatic carbocycles. The lowest BCUT2D eigenvalue weighted by molar-refractivity contribution is -0.144. The average Bonchev–Trinajstić information content (AvgIpc) is 2.56. The fourth-order valence-corrected chi connectivity index (χ4v) is 2.51. The van der Waals surface area contributed by atoms with E-state index in [-0.39, 0.29) is 34.7 Å². The number of pyridine rings is 1. The van der Waals surface area contributed by atoms with Gasteiger partial charge in [0.1, 0.15) is 17.9 Å². The molecule has 3 nitrogen and oxygen atoms in total. The van der Waals surface area contributed by atoms with Gasteiger partial charge in [-0.15, -0.1) is 0 Å². The van der Waals surface area contributed by atoms with Crippen LogP contribution in [0.2, 0.25) is 10.0 Å². The summed E-state index contributed by atoms with van der Waals surface area (Å²) in [7, 11) is 0. The van der Waals surface area contributed by atoms with Gasteiger partial charge in [0.25, 0.3) is 0 Å². The summed E-state index contributed by atoms with van der Waals surface area (Å²) in [4.78, 5) is 3.11. The van der Waals surface area contributed by atoms with Crippen LogP contribution in [-0.4, -0.2) is 11.6 Å². The largest absolute Gasteiger partial charge is 0.489 e. The van der Waals surface area contributed by atoms with E-state index in [1.165, 1.54) is 0 Å². The molecule has 0 aliphatic heterocycles. The van der Waals surface area contributed by atoms with Gasteiger partial charge in [-0.3, -0.25) is 0 Å². The third-order valence-corrected chi connectivity index (χ3v) is 3.86. The van der Waals surface area contributed by atoms with Crippen LogP contribution in [-0.2, 0) is 12.4 Å². The Hall–Kier alpha value is -1.91. The Labute approximate surface area is 173 Å². The van der Waals surface area contributed by atoms with Gasteiger partial charge >= 0.3 is 12.4 Å². The molecule has 13 heteroatoms. The summed E-state index contributed by atoms with van der Waals surface area (Å²) in [6.45, 7) is -0.305. The zero-order valence-corrected chi connectivity index (χ0v) is 15.9. The lowest BCUT2D eigenvalue weighted by Gasteiger charge is -2.16. The molecule has 29 heavy (non-hydrogen) atoms. The maximum Gasteiger partial charge on any atom is 0.421 e. The lowest BCUT2D eigenvalue weighted by atomic mass is 10.2. The maximum absolute atomic E-state index is 13.2. The molecule has 0 aliphatic rings. The number of nitrogens with zero attached hydrogens (tertiary/aromatic N) is 1. The van der Waals surface area contributed by atoms with E-state index in [9.17, 15) is 30.7 Å². The Morgan fingerprint density at radius 2 is 1.59 bits per heavy atom. The number of benzene rings is 1. The molecule has 1 heterocycles. The van der Waals surface area contributed by atoms with Crippen molar-refractivity contribution in [1.29, 1.82) is 0 Å². The van der Waals surface area contributed by atoms with Crippen molar-refractivity contribution in [2.45, 2.75) is 12.4 Å². The highest BCUT2D eigenvalue weighted by molar-refractivity contribution is 6.37. The third kappa shape index (κ3) is 6.28. The Morgan fingerprint density at radius 3 is 2.07 bits per heavy atom. The minimum Gasteiger partial charge on any atom is -0.489 e. The van der Waals surface area contributed by atoms with Gasteiger partial charge in [-0.05, 0) is 6.07 Å². The standard InChI is InChI=1S/C16H7Cl3F7NO2/c17-10-4-8(28-2-1-12(19)20)5-11(18)13(10)29-14-9(16(24,25)26)3-7(6-27-14)15(21,22)23/h1,3-6H,2H2/b12-1+. The molecule has 0 amide bonds. The number of rotatable bonds is 5. The predicted octanol–water partition coefficient (Wildman–Crippen LogP) is 7.65. The first-order chi connectivity index (χ1) is 13.3. The third-order valence-electron chi connectivity index (χ3n) is 3.14. The highest BCUT2D eigenvalue weighted by Gasteiger charge is 2.40. The van der Waals surface area contributed by atoms with Crippen LogP contribution in [0.3, 0.4) is 0 Å². The van der Waals surface area contributed by atoms with Crippen molar-refractivity contribution in [2.24, 2.45) is 0 Å². The van der Waals surface area contributed by atoms with E-state index >= 15 is 0 Å². The molecule has 0 atom stereocenters. The summed E-state index contributed by atoms with van der Waals surface area (Å²) in [6, 6.07) is 2.02. The van der Waals surface area contributed by atoms with Gasteiger partial charge in [0.05, 0.1) is 15.6 Å². The molecule has 0 spiro atoms. The Bertz CT molecular complexity index is 903. The first-order valence-corrected chi connectivity index (χ1v) is 8.37. The molecule has 2 aromatic rings. The second kappa shape index (κ2) is 8.85. The molecule has 0 saturated heterocycles. The summed E-state index contributed by atoms with van der Waals surface area (Å²) in [5.74, 6) is -1.69. The minimum absolute atomic E-state index is 0.00191. The SMILES string of the molecule is F/C(Cl)=C/COc1cc(Cl)c(Oc2ncc(C(F)(F)F)cc2C(F)(F)F)c(Cl)c1. The van der Waals surface area contributed by atoms with Crippen molar-refractivity contribution in [1.82, 2.24) is 4.98 Å². The molecule has 1 aromatic heterocycles. The summed E-state index contributed by atoms with van der Waals surface area (Å²) in [5, 5.41) is -1.70. The van der Waals surface area contributed by atoms with Crippen LogP contribution in [0.25, 0.3) is 0 Å². The van der Waals surface area contributed by atoms with E-state index in [4.69, 9.17) is 44.3 Å². The molecule has 0 radical (unpaired) electrons. The average molecular weight is 485 g/mol.